The highest BCUT2D eigenvalue weighted by Gasteiger charge is 2.69. The molecule has 1 rings (SSSR count). The monoisotopic (exact) mass is 206 g/mol. The first-order chi connectivity index (χ1) is 5.97. The van der Waals surface area contributed by atoms with Crippen LogP contribution in [0.25, 0.3) is 0 Å². The van der Waals surface area contributed by atoms with Gasteiger partial charge in [0.15, 0.2) is 0 Å². The number of esters is 2. The Balaban J connectivity index is 3.08. The van der Waals surface area contributed by atoms with Crippen molar-refractivity contribution in [2.75, 3.05) is 0 Å². The molecule has 0 spiro atoms. The average Bonchev–Trinajstić information content (AvgIpc) is 2.03. The van der Waals surface area contributed by atoms with E-state index in [-0.39, 0.29) is 6.42 Å². The lowest BCUT2D eigenvalue weighted by Crippen LogP contribution is -2.63. The summed E-state index contributed by atoms with van der Waals surface area (Å²) in [7, 11) is 0. The topological polar surface area (TPSA) is 80.7 Å². The normalized spacial score (nSPS) is 21.7. The van der Waals surface area contributed by atoms with Gasteiger partial charge in [-0.2, -0.15) is 0 Å². The SMILES string of the molecule is CCC(Cl)C1(C(=O)O)C(=O)OC1=O. The van der Waals surface area contributed by atoms with E-state index in [4.69, 9.17) is 16.7 Å². The zero-order chi connectivity index (χ0) is 10.2. The number of cyclic esters (lactones) is 2. The van der Waals surface area contributed by atoms with Crippen molar-refractivity contribution < 1.29 is 24.2 Å². The number of alkyl halides is 1. The first kappa shape index (κ1) is 9.98. The smallest absolute Gasteiger partial charge is 0.344 e. The standard InChI is InChI=1S/C7H7ClO5/c1-2-3(8)7(4(9)10)5(11)13-6(7)12/h3H,2H2,1H3,(H,9,10). The summed E-state index contributed by atoms with van der Waals surface area (Å²) in [4.78, 5) is 32.5. The Morgan fingerprint density at radius 3 is 2.23 bits per heavy atom. The molecular weight excluding hydrogens is 200 g/mol. The van der Waals surface area contributed by atoms with E-state index < -0.39 is 28.7 Å². The Morgan fingerprint density at radius 1 is 1.62 bits per heavy atom. The first-order valence-electron chi connectivity index (χ1n) is 3.62. The van der Waals surface area contributed by atoms with Crippen LogP contribution in [-0.2, 0) is 19.1 Å². The van der Waals surface area contributed by atoms with Crippen molar-refractivity contribution in [3.05, 3.63) is 0 Å². The Labute approximate surface area is 78.6 Å². The Morgan fingerprint density at radius 2 is 2.08 bits per heavy atom. The number of carbonyl (C=O) groups is 3. The highest BCUT2D eigenvalue weighted by molar-refractivity contribution is 6.36. The summed E-state index contributed by atoms with van der Waals surface area (Å²) in [6.45, 7) is 1.58. The third-order valence-electron chi connectivity index (χ3n) is 1.99. The quantitative estimate of drug-likeness (QED) is 0.404. The maximum Gasteiger partial charge on any atom is 0.344 e. The van der Waals surface area contributed by atoms with Crippen LogP contribution in [0, 0.1) is 5.41 Å². The lowest BCUT2D eigenvalue weighted by molar-refractivity contribution is -0.202. The first-order valence-corrected chi connectivity index (χ1v) is 4.05. The number of hydrogen-bond donors (Lipinski definition) is 1. The summed E-state index contributed by atoms with van der Waals surface area (Å²) in [5, 5.41) is 7.66. The molecule has 0 aromatic rings. The molecule has 0 saturated carbocycles. The molecule has 1 N–H and O–H groups in total. The number of carbonyl (C=O) groups excluding carboxylic acids is 2. The van der Waals surface area contributed by atoms with Gasteiger partial charge in [0.1, 0.15) is 0 Å². The van der Waals surface area contributed by atoms with Crippen molar-refractivity contribution in [1.29, 1.82) is 0 Å². The van der Waals surface area contributed by atoms with Crippen LogP contribution in [0.15, 0.2) is 0 Å². The largest absolute Gasteiger partial charge is 0.480 e. The molecule has 1 saturated heterocycles. The minimum Gasteiger partial charge on any atom is -0.480 e. The Bertz CT molecular complexity index is 257. The van der Waals surface area contributed by atoms with Crippen LogP contribution < -0.4 is 0 Å². The Kier molecular flexibility index (Phi) is 2.30. The second-order valence-corrected chi connectivity index (χ2v) is 3.19. The van der Waals surface area contributed by atoms with Gasteiger partial charge in [-0.15, -0.1) is 11.6 Å². The average molecular weight is 207 g/mol. The van der Waals surface area contributed by atoms with Crippen LogP contribution in [0.2, 0.25) is 0 Å². The van der Waals surface area contributed by atoms with Gasteiger partial charge < -0.3 is 9.84 Å². The van der Waals surface area contributed by atoms with E-state index in [0.29, 0.717) is 0 Å². The molecule has 0 bridgehead atoms. The molecular formula is C7H7ClO5. The fourth-order valence-corrected chi connectivity index (χ4v) is 1.42. The summed E-state index contributed by atoms with van der Waals surface area (Å²) in [5.74, 6) is -3.70. The molecule has 1 unspecified atom stereocenters. The molecule has 1 heterocycles. The maximum absolute atomic E-state index is 10.9. The fourth-order valence-electron chi connectivity index (χ4n) is 1.15. The van der Waals surface area contributed by atoms with Crippen molar-refractivity contribution >= 4 is 29.5 Å². The van der Waals surface area contributed by atoms with Crippen LogP contribution in [-0.4, -0.2) is 28.4 Å². The van der Waals surface area contributed by atoms with Gasteiger partial charge >= 0.3 is 17.9 Å². The van der Waals surface area contributed by atoms with Crippen LogP contribution in [0.3, 0.4) is 0 Å². The minimum atomic E-state index is -2.17. The van der Waals surface area contributed by atoms with Gasteiger partial charge in [-0.05, 0) is 6.42 Å². The van der Waals surface area contributed by atoms with Crippen molar-refractivity contribution in [2.24, 2.45) is 5.41 Å². The molecule has 72 valence electrons. The number of aliphatic carboxylic acids is 1. The van der Waals surface area contributed by atoms with E-state index in [2.05, 4.69) is 4.74 Å². The summed E-state index contributed by atoms with van der Waals surface area (Å²) in [6, 6.07) is 0. The second kappa shape index (κ2) is 2.99. The van der Waals surface area contributed by atoms with Crippen molar-refractivity contribution in [3.63, 3.8) is 0 Å². The molecule has 1 aliphatic heterocycles. The van der Waals surface area contributed by atoms with Crippen LogP contribution in [0.1, 0.15) is 13.3 Å². The van der Waals surface area contributed by atoms with E-state index in [1.807, 2.05) is 0 Å². The lowest BCUT2D eigenvalue weighted by atomic mass is 9.79. The van der Waals surface area contributed by atoms with Gasteiger partial charge in [-0.3, -0.25) is 4.79 Å². The van der Waals surface area contributed by atoms with Crippen molar-refractivity contribution in [3.8, 4) is 0 Å². The second-order valence-electron chi connectivity index (χ2n) is 2.67. The van der Waals surface area contributed by atoms with E-state index in [1.54, 1.807) is 6.92 Å². The third kappa shape index (κ3) is 1.03. The van der Waals surface area contributed by atoms with Crippen LogP contribution in [0.4, 0.5) is 0 Å². The molecule has 0 radical (unpaired) electrons. The molecule has 0 aromatic carbocycles. The van der Waals surface area contributed by atoms with E-state index in [9.17, 15) is 14.4 Å². The zero-order valence-corrected chi connectivity index (χ0v) is 7.50. The summed E-state index contributed by atoms with van der Waals surface area (Å²) < 4.78 is 4.00. The zero-order valence-electron chi connectivity index (χ0n) is 6.74. The number of ether oxygens (including phenoxy) is 1. The minimum absolute atomic E-state index is 0.203. The number of carboxylic acid groups (broad SMARTS) is 1. The molecule has 0 aromatic heterocycles. The molecule has 0 aliphatic carbocycles. The van der Waals surface area contributed by atoms with Crippen LogP contribution in [0.5, 0.6) is 0 Å². The molecule has 5 nitrogen and oxygen atoms in total. The van der Waals surface area contributed by atoms with Crippen molar-refractivity contribution in [1.82, 2.24) is 0 Å². The molecule has 1 aliphatic rings. The third-order valence-corrected chi connectivity index (χ3v) is 2.63. The number of hydrogen-bond acceptors (Lipinski definition) is 4. The highest BCUT2D eigenvalue weighted by Crippen LogP contribution is 2.39. The van der Waals surface area contributed by atoms with Gasteiger partial charge in [0.05, 0.1) is 5.38 Å². The molecule has 1 fully saturated rings. The molecule has 0 amide bonds. The fraction of sp³-hybridized carbons (Fsp3) is 0.571. The molecule has 6 heteroatoms. The van der Waals surface area contributed by atoms with E-state index >= 15 is 0 Å². The van der Waals surface area contributed by atoms with Crippen molar-refractivity contribution in [2.45, 2.75) is 18.7 Å². The number of rotatable bonds is 3. The Hall–Kier alpha value is -1.10. The van der Waals surface area contributed by atoms with Gasteiger partial charge in [0, 0.05) is 0 Å². The molecule has 13 heavy (non-hydrogen) atoms. The maximum atomic E-state index is 10.9. The van der Waals surface area contributed by atoms with Gasteiger partial charge in [0.25, 0.3) is 5.41 Å². The van der Waals surface area contributed by atoms with Gasteiger partial charge in [-0.25, -0.2) is 9.59 Å². The predicted molar refractivity (Wildman–Crippen MR) is 41.1 cm³/mol. The van der Waals surface area contributed by atoms with Crippen LogP contribution >= 0.6 is 11.6 Å². The summed E-state index contributed by atoms with van der Waals surface area (Å²) in [6.07, 6.45) is 0.203. The number of carboxylic acids is 1. The summed E-state index contributed by atoms with van der Waals surface area (Å²) in [5.41, 5.74) is -2.17. The van der Waals surface area contributed by atoms with E-state index in [0.717, 1.165) is 0 Å². The summed E-state index contributed by atoms with van der Waals surface area (Å²) >= 11 is 5.61. The van der Waals surface area contributed by atoms with E-state index in [1.165, 1.54) is 0 Å². The van der Waals surface area contributed by atoms with Gasteiger partial charge in [-0.1, -0.05) is 6.92 Å². The molecule has 1 atom stereocenters. The highest BCUT2D eigenvalue weighted by atomic mass is 35.5. The van der Waals surface area contributed by atoms with Gasteiger partial charge in [0.2, 0.25) is 0 Å². The number of halogens is 1. The lowest BCUT2D eigenvalue weighted by Gasteiger charge is -2.34. The predicted octanol–water partition coefficient (Wildman–Crippen LogP) is 0.158.